The van der Waals surface area contributed by atoms with Crippen molar-refractivity contribution >= 4 is 22.7 Å². The van der Waals surface area contributed by atoms with Gasteiger partial charge in [0.15, 0.2) is 23.3 Å². The fraction of sp³-hybridized carbons (Fsp3) is 0.471. The fourth-order valence-electron chi connectivity index (χ4n) is 2.83. The summed E-state index contributed by atoms with van der Waals surface area (Å²) in [6.45, 7) is 5.13. The lowest BCUT2D eigenvalue weighted by Gasteiger charge is -2.26. The van der Waals surface area contributed by atoms with Crippen LogP contribution >= 0.6 is 0 Å². The molecular weight excluding hydrogens is 336 g/mol. The van der Waals surface area contributed by atoms with Crippen molar-refractivity contribution in [2.24, 2.45) is 16.5 Å². The van der Waals surface area contributed by atoms with Crippen LogP contribution in [0.4, 0.5) is 5.82 Å². The van der Waals surface area contributed by atoms with Crippen LogP contribution in [0.5, 0.6) is 11.5 Å². The second-order valence-corrected chi connectivity index (χ2v) is 5.91. The number of aromatic nitrogens is 2. The third-order valence-corrected chi connectivity index (χ3v) is 4.11. The molecule has 0 bridgehead atoms. The minimum atomic E-state index is -0.0626. The molecule has 0 saturated carbocycles. The summed E-state index contributed by atoms with van der Waals surface area (Å²) in [5.41, 5.74) is 11.6. The van der Waals surface area contributed by atoms with E-state index in [2.05, 4.69) is 19.9 Å². The summed E-state index contributed by atoms with van der Waals surface area (Å²) in [7, 11) is 1.59. The lowest BCUT2D eigenvalue weighted by Crippen LogP contribution is -2.37. The van der Waals surface area contributed by atoms with E-state index in [1.165, 1.54) is 6.33 Å². The maximum atomic E-state index is 5.92. The van der Waals surface area contributed by atoms with E-state index in [0.717, 1.165) is 39.3 Å². The van der Waals surface area contributed by atoms with Crippen LogP contribution in [0.1, 0.15) is 6.42 Å². The van der Waals surface area contributed by atoms with E-state index in [1.54, 1.807) is 13.2 Å². The van der Waals surface area contributed by atoms with Gasteiger partial charge in [0, 0.05) is 31.1 Å². The molecule has 0 amide bonds. The number of fused-ring (bicyclic) bond motifs is 1. The first kappa shape index (κ1) is 18.2. The summed E-state index contributed by atoms with van der Waals surface area (Å²) in [4.78, 5) is 14.8. The van der Waals surface area contributed by atoms with Crippen molar-refractivity contribution < 1.29 is 14.2 Å². The lowest BCUT2D eigenvalue weighted by atomic mass is 10.2. The van der Waals surface area contributed by atoms with E-state index in [1.807, 2.05) is 6.07 Å². The van der Waals surface area contributed by atoms with Crippen LogP contribution in [-0.2, 0) is 4.74 Å². The van der Waals surface area contributed by atoms with Gasteiger partial charge in [0.05, 0.1) is 32.4 Å². The fourth-order valence-corrected chi connectivity index (χ4v) is 2.83. The molecule has 140 valence electrons. The summed E-state index contributed by atoms with van der Waals surface area (Å²) >= 11 is 0. The first-order valence-electron chi connectivity index (χ1n) is 8.52. The number of methoxy groups -OCH3 is 1. The Morgan fingerprint density at radius 1 is 1.23 bits per heavy atom. The number of nitrogens with zero attached hydrogens (tertiary/aromatic N) is 4. The number of morpholine rings is 1. The van der Waals surface area contributed by atoms with E-state index >= 15 is 0 Å². The summed E-state index contributed by atoms with van der Waals surface area (Å²) < 4.78 is 16.7. The van der Waals surface area contributed by atoms with Crippen LogP contribution in [0.2, 0.25) is 0 Å². The highest BCUT2D eigenvalue weighted by Gasteiger charge is 2.13. The van der Waals surface area contributed by atoms with Gasteiger partial charge in [-0.15, -0.1) is 0 Å². The van der Waals surface area contributed by atoms with E-state index in [0.29, 0.717) is 34.8 Å². The second-order valence-electron chi connectivity index (χ2n) is 5.91. The monoisotopic (exact) mass is 360 g/mol. The molecule has 9 nitrogen and oxygen atoms in total. The van der Waals surface area contributed by atoms with Gasteiger partial charge in [0.1, 0.15) is 6.33 Å². The van der Waals surface area contributed by atoms with E-state index < -0.39 is 0 Å². The van der Waals surface area contributed by atoms with Crippen molar-refractivity contribution in [1.82, 2.24) is 14.9 Å². The third kappa shape index (κ3) is 4.50. The Labute approximate surface area is 152 Å². The zero-order valence-electron chi connectivity index (χ0n) is 14.9. The van der Waals surface area contributed by atoms with Gasteiger partial charge in [0.25, 0.3) is 0 Å². The zero-order chi connectivity index (χ0) is 18.4. The third-order valence-electron chi connectivity index (χ3n) is 4.11. The quantitative estimate of drug-likeness (QED) is 0.419. The molecule has 0 atom stereocenters. The Hall–Kier alpha value is -2.65. The molecule has 1 aliphatic rings. The van der Waals surface area contributed by atoms with Gasteiger partial charge in [-0.1, -0.05) is 0 Å². The van der Waals surface area contributed by atoms with Crippen LogP contribution in [0, 0.1) is 0 Å². The van der Waals surface area contributed by atoms with E-state index in [-0.39, 0.29) is 5.96 Å². The van der Waals surface area contributed by atoms with Gasteiger partial charge in [-0.3, -0.25) is 4.90 Å². The predicted octanol–water partition coefficient (Wildman–Crippen LogP) is 0.644. The number of nitrogens with two attached hydrogens (primary N) is 2. The number of aliphatic imine (C=N–C) groups is 1. The minimum Gasteiger partial charge on any atom is -0.493 e. The van der Waals surface area contributed by atoms with Crippen molar-refractivity contribution in [3.8, 4) is 11.5 Å². The average Bonchev–Trinajstić information content (AvgIpc) is 2.65. The van der Waals surface area contributed by atoms with Gasteiger partial charge in [-0.25, -0.2) is 9.97 Å². The Bertz CT molecular complexity index is 772. The number of hydrogen-bond acceptors (Lipinski definition) is 7. The molecule has 0 aliphatic carbocycles. The van der Waals surface area contributed by atoms with Crippen LogP contribution in [0.3, 0.4) is 0 Å². The van der Waals surface area contributed by atoms with E-state index in [9.17, 15) is 0 Å². The summed E-state index contributed by atoms with van der Waals surface area (Å²) in [5, 5.41) is 0.693. The predicted molar refractivity (Wildman–Crippen MR) is 98.9 cm³/mol. The van der Waals surface area contributed by atoms with E-state index in [4.69, 9.17) is 25.7 Å². The highest BCUT2D eigenvalue weighted by Crippen LogP contribution is 2.34. The first-order valence-corrected chi connectivity index (χ1v) is 8.52. The minimum absolute atomic E-state index is 0.0626. The number of rotatable bonds is 7. The molecule has 2 heterocycles. The van der Waals surface area contributed by atoms with Crippen LogP contribution in [0.15, 0.2) is 23.5 Å². The largest absolute Gasteiger partial charge is 0.493 e. The van der Waals surface area contributed by atoms with Crippen molar-refractivity contribution in [2.45, 2.75) is 6.42 Å². The SMILES string of the molecule is COc1cc2c(N=C(N)N)ncnc2cc1OCCCN1CCOCC1. The Kier molecular flexibility index (Phi) is 6.03. The first-order chi connectivity index (χ1) is 12.7. The molecule has 4 N–H and O–H groups in total. The smallest absolute Gasteiger partial charge is 0.192 e. The molecule has 2 aromatic rings. The molecule has 1 aliphatic heterocycles. The van der Waals surface area contributed by atoms with Crippen molar-refractivity contribution in [3.05, 3.63) is 18.5 Å². The number of guanidine groups is 1. The highest BCUT2D eigenvalue weighted by molar-refractivity contribution is 5.93. The Morgan fingerprint density at radius 3 is 2.77 bits per heavy atom. The zero-order valence-corrected chi connectivity index (χ0v) is 14.9. The Balaban J connectivity index is 1.70. The number of ether oxygens (including phenoxy) is 3. The molecular formula is C17H24N6O3. The molecule has 0 radical (unpaired) electrons. The van der Waals surface area contributed by atoms with Crippen LogP contribution in [0.25, 0.3) is 10.9 Å². The summed E-state index contributed by atoms with van der Waals surface area (Å²) in [5.74, 6) is 1.56. The van der Waals surface area contributed by atoms with Gasteiger partial charge in [0.2, 0.25) is 0 Å². The molecule has 1 saturated heterocycles. The maximum absolute atomic E-state index is 5.92. The highest BCUT2D eigenvalue weighted by atomic mass is 16.5. The van der Waals surface area contributed by atoms with Crippen molar-refractivity contribution in [1.29, 1.82) is 0 Å². The molecule has 1 fully saturated rings. The van der Waals surface area contributed by atoms with Crippen molar-refractivity contribution in [2.75, 3.05) is 46.6 Å². The summed E-state index contributed by atoms with van der Waals surface area (Å²) in [6.07, 6.45) is 2.34. The Morgan fingerprint density at radius 2 is 2.04 bits per heavy atom. The van der Waals surface area contributed by atoms with Crippen LogP contribution < -0.4 is 20.9 Å². The molecule has 0 unspecified atom stereocenters. The molecule has 1 aromatic heterocycles. The van der Waals surface area contributed by atoms with Crippen LogP contribution in [-0.4, -0.2) is 67.4 Å². The topological polar surface area (TPSA) is 121 Å². The molecule has 26 heavy (non-hydrogen) atoms. The number of benzene rings is 1. The average molecular weight is 360 g/mol. The maximum Gasteiger partial charge on any atom is 0.192 e. The molecule has 1 aromatic carbocycles. The summed E-state index contributed by atoms with van der Waals surface area (Å²) in [6, 6.07) is 3.60. The van der Waals surface area contributed by atoms with Crippen molar-refractivity contribution in [3.63, 3.8) is 0 Å². The molecule has 3 rings (SSSR count). The molecule has 0 spiro atoms. The normalized spacial score (nSPS) is 15.0. The van der Waals surface area contributed by atoms with Gasteiger partial charge in [-0.05, 0) is 12.5 Å². The van der Waals surface area contributed by atoms with Gasteiger partial charge in [-0.2, -0.15) is 4.99 Å². The standard InChI is InChI=1S/C17H24N6O3/c1-24-14-9-12-13(20-11-21-16(12)22-17(18)19)10-15(14)26-6-2-3-23-4-7-25-8-5-23/h9-11H,2-8H2,1H3,(H4,18,19,20,21,22). The lowest BCUT2D eigenvalue weighted by molar-refractivity contribution is 0.0357. The van der Waals surface area contributed by atoms with Gasteiger partial charge < -0.3 is 25.7 Å². The van der Waals surface area contributed by atoms with Gasteiger partial charge >= 0.3 is 0 Å². The number of hydrogen-bond donors (Lipinski definition) is 2. The molecule has 9 heteroatoms. The second kappa shape index (κ2) is 8.63.